The van der Waals surface area contributed by atoms with E-state index in [-0.39, 0.29) is 16.2 Å². The molecule has 0 spiro atoms. The van der Waals surface area contributed by atoms with Gasteiger partial charge in [0.05, 0.1) is 28.3 Å². The maximum absolute atomic E-state index is 13.0. The summed E-state index contributed by atoms with van der Waals surface area (Å²) in [5.74, 6) is 2.67. The summed E-state index contributed by atoms with van der Waals surface area (Å²) in [6.07, 6.45) is 5.43. The fourth-order valence-electron chi connectivity index (χ4n) is 2.39. The molecule has 0 aliphatic rings. The molecule has 0 amide bonds. The molecular weight excluding hydrogens is 375 g/mol. The Kier molecular flexibility index (Phi) is 5.11. The lowest BCUT2D eigenvalue weighted by molar-refractivity contribution is 0.341. The second kappa shape index (κ2) is 7.32. The normalized spacial score (nSPS) is 12.3. The van der Waals surface area contributed by atoms with Crippen molar-refractivity contribution in [3.05, 3.63) is 53.1 Å². The van der Waals surface area contributed by atoms with Gasteiger partial charge in [0.15, 0.2) is 0 Å². The number of hydrogen-bond donors (Lipinski definition) is 0. The lowest BCUT2D eigenvalue weighted by atomic mass is 10.3. The number of aromatic nitrogens is 1. The van der Waals surface area contributed by atoms with E-state index in [1.807, 2.05) is 19.1 Å². The minimum absolute atomic E-state index is 0.0846. The molecule has 0 radical (unpaired) electrons. The molecule has 8 heteroatoms. The summed E-state index contributed by atoms with van der Waals surface area (Å²) in [5.41, 5.74) is 0.768. The van der Waals surface area contributed by atoms with Crippen LogP contribution in [0.3, 0.4) is 0 Å². The minimum atomic E-state index is -3.99. The Balaban J connectivity index is 2.19. The van der Waals surface area contributed by atoms with Gasteiger partial charge in [-0.25, -0.2) is 4.39 Å². The molecule has 0 saturated heterocycles. The third-order valence-corrected chi connectivity index (χ3v) is 5.96. The summed E-state index contributed by atoms with van der Waals surface area (Å²) in [4.78, 5) is 0.162. The fraction of sp³-hybridized carbons (Fsp3) is 0.167. The van der Waals surface area contributed by atoms with Gasteiger partial charge in [-0.3, -0.25) is 0 Å². The van der Waals surface area contributed by atoms with Crippen LogP contribution in [0, 0.1) is 18.2 Å². The van der Waals surface area contributed by atoms with Crippen molar-refractivity contribution < 1.29 is 17.5 Å². The van der Waals surface area contributed by atoms with E-state index in [2.05, 4.69) is 10.3 Å². The quantitative estimate of drug-likeness (QED) is 0.629. The molecule has 5 nitrogen and oxygen atoms in total. The van der Waals surface area contributed by atoms with Crippen molar-refractivity contribution in [2.24, 2.45) is 4.40 Å². The van der Waals surface area contributed by atoms with Gasteiger partial charge in [-0.15, -0.1) is 10.8 Å². The van der Waals surface area contributed by atoms with E-state index in [0.29, 0.717) is 12.4 Å². The van der Waals surface area contributed by atoms with Crippen LogP contribution in [0.25, 0.3) is 10.2 Å². The van der Waals surface area contributed by atoms with E-state index < -0.39 is 15.8 Å². The van der Waals surface area contributed by atoms with E-state index in [9.17, 15) is 12.8 Å². The zero-order valence-electron chi connectivity index (χ0n) is 13.8. The standard InChI is InChI=1S/C18H15FN2O3S2/c1-3-11-21-16-10-7-14(24-4-2)12-17(16)25-18(21)20-26(22,23)15-8-5-13(19)6-9-15/h1,5-10,12H,4,11H2,2H3. The molecule has 26 heavy (non-hydrogen) atoms. The van der Waals surface area contributed by atoms with Crippen molar-refractivity contribution in [1.29, 1.82) is 0 Å². The molecule has 0 N–H and O–H groups in total. The molecule has 0 aliphatic heterocycles. The number of terminal acetylenes is 1. The highest BCUT2D eigenvalue weighted by molar-refractivity contribution is 7.90. The van der Waals surface area contributed by atoms with Gasteiger partial charge >= 0.3 is 0 Å². The summed E-state index contributed by atoms with van der Waals surface area (Å²) in [5, 5.41) is 0. The van der Waals surface area contributed by atoms with E-state index in [1.54, 1.807) is 10.6 Å². The van der Waals surface area contributed by atoms with Crippen LogP contribution in [0.4, 0.5) is 4.39 Å². The Morgan fingerprint density at radius 2 is 2.00 bits per heavy atom. The molecule has 0 fully saturated rings. The zero-order chi connectivity index (χ0) is 18.7. The van der Waals surface area contributed by atoms with Crippen molar-refractivity contribution >= 4 is 31.6 Å². The smallest absolute Gasteiger partial charge is 0.285 e. The molecule has 3 rings (SSSR count). The molecule has 2 aromatic carbocycles. The Bertz CT molecular complexity index is 1150. The molecule has 0 atom stereocenters. The summed E-state index contributed by atoms with van der Waals surface area (Å²) in [6.45, 7) is 2.58. The number of halogens is 1. The predicted molar refractivity (Wildman–Crippen MR) is 99.0 cm³/mol. The number of rotatable bonds is 5. The van der Waals surface area contributed by atoms with Crippen LogP contribution < -0.4 is 9.54 Å². The van der Waals surface area contributed by atoms with Crippen LogP contribution in [0.15, 0.2) is 51.8 Å². The summed E-state index contributed by atoms with van der Waals surface area (Å²) >= 11 is 1.20. The zero-order valence-corrected chi connectivity index (χ0v) is 15.5. The number of fused-ring (bicyclic) bond motifs is 1. The monoisotopic (exact) mass is 390 g/mol. The van der Waals surface area contributed by atoms with Crippen LogP contribution >= 0.6 is 11.3 Å². The molecule has 0 aliphatic carbocycles. The topological polar surface area (TPSA) is 60.7 Å². The van der Waals surface area contributed by atoms with E-state index in [0.717, 1.165) is 22.3 Å². The number of sulfonamides is 1. The van der Waals surface area contributed by atoms with Crippen molar-refractivity contribution in [3.8, 4) is 18.1 Å². The Morgan fingerprint density at radius 3 is 2.65 bits per heavy atom. The molecular formula is C18H15FN2O3S2. The first-order valence-corrected chi connectivity index (χ1v) is 9.96. The van der Waals surface area contributed by atoms with Crippen LogP contribution in [-0.2, 0) is 16.6 Å². The predicted octanol–water partition coefficient (Wildman–Crippen LogP) is 3.16. The Morgan fingerprint density at radius 1 is 1.27 bits per heavy atom. The van der Waals surface area contributed by atoms with Crippen LogP contribution in [-0.4, -0.2) is 19.6 Å². The molecule has 3 aromatic rings. The number of thiazole rings is 1. The molecule has 134 valence electrons. The molecule has 1 heterocycles. The van der Waals surface area contributed by atoms with Crippen LogP contribution in [0.5, 0.6) is 5.75 Å². The molecule has 1 aromatic heterocycles. The average molecular weight is 390 g/mol. The van der Waals surface area contributed by atoms with E-state index >= 15 is 0 Å². The largest absolute Gasteiger partial charge is 0.494 e. The number of hydrogen-bond acceptors (Lipinski definition) is 4. The van der Waals surface area contributed by atoms with Crippen molar-refractivity contribution in [1.82, 2.24) is 4.57 Å². The van der Waals surface area contributed by atoms with Gasteiger partial charge in [0, 0.05) is 0 Å². The molecule has 0 bridgehead atoms. The van der Waals surface area contributed by atoms with Gasteiger partial charge in [0.2, 0.25) is 4.80 Å². The summed E-state index contributed by atoms with van der Waals surface area (Å²) < 4.78 is 50.0. The fourth-order valence-corrected chi connectivity index (χ4v) is 4.65. The van der Waals surface area contributed by atoms with Gasteiger partial charge in [-0.1, -0.05) is 17.3 Å². The van der Waals surface area contributed by atoms with Gasteiger partial charge in [-0.05, 0) is 49.4 Å². The number of ether oxygens (including phenoxy) is 1. The van der Waals surface area contributed by atoms with Crippen molar-refractivity contribution in [2.75, 3.05) is 6.61 Å². The minimum Gasteiger partial charge on any atom is -0.494 e. The highest BCUT2D eigenvalue weighted by atomic mass is 32.2. The Labute approximate surface area is 154 Å². The average Bonchev–Trinajstić information content (AvgIpc) is 2.92. The first-order chi connectivity index (χ1) is 12.4. The Hall–Kier alpha value is -2.63. The van der Waals surface area contributed by atoms with Crippen LogP contribution in [0.2, 0.25) is 0 Å². The first kappa shape index (κ1) is 18.2. The van der Waals surface area contributed by atoms with Gasteiger partial charge in [-0.2, -0.15) is 8.42 Å². The highest BCUT2D eigenvalue weighted by Crippen LogP contribution is 2.24. The third kappa shape index (κ3) is 3.64. The molecule has 0 saturated carbocycles. The first-order valence-electron chi connectivity index (χ1n) is 7.71. The number of benzene rings is 2. The van der Waals surface area contributed by atoms with E-state index in [1.165, 1.54) is 23.5 Å². The van der Waals surface area contributed by atoms with Crippen molar-refractivity contribution in [3.63, 3.8) is 0 Å². The highest BCUT2D eigenvalue weighted by Gasteiger charge is 2.15. The lowest BCUT2D eigenvalue weighted by Gasteiger charge is -2.03. The molecule has 0 unspecified atom stereocenters. The maximum atomic E-state index is 13.0. The second-order valence-corrected chi connectivity index (χ2v) is 7.87. The lowest BCUT2D eigenvalue weighted by Crippen LogP contribution is -2.16. The summed E-state index contributed by atoms with van der Waals surface area (Å²) in [7, 11) is -3.99. The van der Waals surface area contributed by atoms with Crippen LogP contribution in [0.1, 0.15) is 6.92 Å². The second-order valence-electron chi connectivity index (χ2n) is 5.26. The van der Waals surface area contributed by atoms with Gasteiger partial charge < -0.3 is 9.30 Å². The maximum Gasteiger partial charge on any atom is 0.285 e. The summed E-state index contributed by atoms with van der Waals surface area (Å²) in [6, 6.07) is 9.95. The number of nitrogens with zero attached hydrogens (tertiary/aromatic N) is 2. The van der Waals surface area contributed by atoms with Crippen molar-refractivity contribution in [2.45, 2.75) is 18.4 Å². The van der Waals surface area contributed by atoms with Gasteiger partial charge in [0.1, 0.15) is 11.6 Å². The SMILES string of the molecule is C#CCn1c(=NS(=O)(=O)c2ccc(F)cc2)sc2cc(OCC)ccc21. The van der Waals surface area contributed by atoms with E-state index in [4.69, 9.17) is 11.2 Å². The van der Waals surface area contributed by atoms with Gasteiger partial charge in [0.25, 0.3) is 10.0 Å². The third-order valence-electron chi connectivity index (χ3n) is 3.52.